The molecule has 0 radical (unpaired) electrons. The van der Waals surface area contributed by atoms with E-state index in [2.05, 4.69) is 57.2 Å². The average Bonchev–Trinajstić information content (AvgIpc) is 2.48. The summed E-state index contributed by atoms with van der Waals surface area (Å²) in [6.07, 6.45) is 0.930. The Morgan fingerprint density at radius 2 is 1.76 bits per heavy atom. The Morgan fingerprint density at radius 1 is 1.10 bits per heavy atom. The maximum absolute atomic E-state index is 5.61. The third kappa shape index (κ3) is 3.45. The predicted octanol–water partition coefficient (Wildman–Crippen LogP) is 4.30. The van der Waals surface area contributed by atoms with E-state index in [1.165, 1.54) is 27.8 Å². The van der Waals surface area contributed by atoms with Crippen molar-refractivity contribution in [2.45, 2.75) is 33.1 Å². The fraction of sp³-hybridized carbons (Fsp3) is 0.368. The van der Waals surface area contributed by atoms with Gasteiger partial charge in [0.2, 0.25) is 0 Å². The molecule has 21 heavy (non-hydrogen) atoms. The highest BCUT2D eigenvalue weighted by molar-refractivity contribution is 5.70. The van der Waals surface area contributed by atoms with Crippen molar-refractivity contribution in [2.24, 2.45) is 5.73 Å². The van der Waals surface area contributed by atoms with Gasteiger partial charge in [-0.05, 0) is 65.8 Å². The van der Waals surface area contributed by atoms with Gasteiger partial charge in [0.1, 0.15) is 5.75 Å². The Balaban J connectivity index is 2.45. The molecule has 2 aromatic carbocycles. The number of methoxy groups -OCH3 is 1. The Kier molecular flexibility index (Phi) is 5.03. The van der Waals surface area contributed by atoms with E-state index in [1.807, 2.05) is 0 Å². The number of rotatable bonds is 5. The van der Waals surface area contributed by atoms with Crippen LogP contribution in [0.1, 0.15) is 36.5 Å². The molecular weight excluding hydrogens is 258 g/mol. The second-order valence-corrected chi connectivity index (χ2v) is 5.80. The van der Waals surface area contributed by atoms with Crippen molar-refractivity contribution in [3.05, 3.63) is 53.1 Å². The van der Waals surface area contributed by atoms with Crippen molar-refractivity contribution in [3.8, 4) is 16.9 Å². The van der Waals surface area contributed by atoms with Crippen LogP contribution in [-0.2, 0) is 6.42 Å². The summed E-state index contributed by atoms with van der Waals surface area (Å²) >= 11 is 0. The maximum atomic E-state index is 5.61. The van der Waals surface area contributed by atoms with Crippen LogP contribution in [0, 0.1) is 6.92 Å². The lowest BCUT2D eigenvalue weighted by molar-refractivity contribution is 0.407. The van der Waals surface area contributed by atoms with E-state index in [0.29, 0.717) is 12.5 Å². The Morgan fingerprint density at radius 3 is 2.29 bits per heavy atom. The zero-order valence-corrected chi connectivity index (χ0v) is 13.4. The number of nitrogens with two attached hydrogens (primary N) is 1. The summed E-state index contributed by atoms with van der Waals surface area (Å²) in [7, 11) is 1.74. The third-order valence-electron chi connectivity index (χ3n) is 3.90. The van der Waals surface area contributed by atoms with Crippen molar-refractivity contribution in [1.82, 2.24) is 0 Å². The van der Waals surface area contributed by atoms with Gasteiger partial charge in [-0.15, -0.1) is 0 Å². The van der Waals surface area contributed by atoms with Crippen LogP contribution in [0.25, 0.3) is 11.1 Å². The molecule has 0 aliphatic rings. The molecule has 0 aliphatic heterocycles. The molecule has 2 aromatic rings. The van der Waals surface area contributed by atoms with Crippen LogP contribution in [0.2, 0.25) is 0 Å². The number of hydrogen-bond acceptors (Lipinski definition) is 2. The van der Waals surface area contributed by atoms with Crippen LogP contribution >= 0.6 is 0 Å². The smallest absolute Gasteiger partial charge is 0.122 e. The number of aryl methyl sites for hydroxylation is 1. The van der Waals surface area contributed by atoms with Gasteiger partial charge in [0.05, 0.1) is 7.11 Å². The highest BCUT2D eigenvalue weighted by atomic mass is 16.5. The predicted molar refractivity (Wildman–Crippen MR) is 90.0 cm³/mol. The van der Waals surface area contributed by atoms with Gasteiger partial charge in [0.15, 0.2) is 0 Å². The van der Waals surface area contributed by atoms with Crippen LogP contribution < -0.4 is 10.5 Å². The van der Waals surface area contributed by atoms with Crippen molar-refractivity contribution in [1.29, 1.82) is 0 Å². The minimum atomic E-state index is 0.441. The van der Waals surface area contributed by atoms with E-state index in [0.717, 1.165) is 12.2 Å². The number of benzene rings is 2. The lowest BCUT2D eigenvalue weighted by Crippen LogP contribution is -2.02. The molecule has 2 nitrogen and oxygen atoms in total. The normalized spacial score (nSPS) is 11.0. The van der Waals surface area contributed by atoms with E-state index in [9.17, 15) is 0 Å². The first-order chi connectivity index (χ1) is 10.1. The number of hydrogen-bond donors (Lipinski definition) is 1. The molecule has 0 unspecified atom stereocenters. The molecule has 2 rings (SSSR count). The van der Waals surface area contributed by atoms with Crippen LogP contribution in [0.5, 0.6) is 5.75 Å². The zero-order valence-electron chi connectivity index (χ0n) is 13.4. The zero-order chi connectivity index (χ0) is 15.4. The summed E-state index contributed by atoms with van der Waals surface area (Å²) in [6, 6.07) is 13.1. The van der Waals surface area contributed by atoms with E-state index >= 15 is 0 Å². The standard InChI is InChI=1S/C19H25NO/c1-13(2)17-12-18(14(3)11-19(17)21-4)16-7-5-15(6-8-16)9-10-20/h5-8,11-13H,9-10,20H2,1-4H3. The van der Waals surface area contributed by atoms with E-state index in [4.69, 9.17) is 10.5 Å². The van der Waals surface area contributed by atoms with Gasteiger partial charge in [-0.2, -0.15) is 0 Å². The molecule has 0 aliphatic carbocycles. The van der Waals surface area contributed by atoms with Gasteiger partial charge >= 0.3 is 0 Å². The molecule has 0 fully saturated rings. The van der Waals surface area contributed by atoms with Gasteiger partial charge in [-0.25, -0.2) is 0 Å². The molecule has 0 saturated heterocycles. The summed E-state index contributed by atoms with van der Waals surface area (Å²) in [4.78, 5) is 0. The first kappa shape index (κ1) is 15.6. The largest absolute Gasteiger partial charge is 0.496 e. The molecule has 0 amide bonds. The van der Waals surface area contributed by atoms with E-state index in [-0.39, 0.29) is 0 Å². The lowest BCUT2D eigenvalue weighted by Gasteiger charge is -2.16. The van der Waals surface area contributed by atoms with E-state index < -0.39 is 0 Å². The molecule has 112 valence electrons. The van der Waals surface area contributed by atoms with Gasteiger partial charge in [-0.1, -0.05) is 38.1 Å². The Labute approximate surface area is 127 Å². The molecule has 2 N–H and O–H groups in total. The quantitative estimate of drug-likeness (QED) is 0.888. The van der Waals surface area contributed by atoms with Crippen LogP contribution in [0.15, 0.2) is 36.4 Å². The molecule has 0 heterocycles. The molecule has 0 saturated carbocycles. The number of ether oxygens (including phenoxy) is 1. The SMILES string of the molecule is COc1cc(C)c(-c2ccc(CCN)cc2)cc1C(C)C. The fourth-order valence-electron chi connectivity index (χ4n) is 2.65. The fourth-order valence-corrected chi connectivity index (χ4v) is 2.65. The molecular formula is C19H25NO. The molecule has 0 aromatic heterocycles. The first-order valence-electron chi connectivity index (χ1n) is 7.54. The molecule has 2 heteroatoms. The summed E-state index contributed by atoms with van der Waals surface area (Å²) in [6.45, 7) is 7.22. The van der Waals surface area contributed by atoms with Crippen LogP contribution in [-0.4, -0.2) is 13.7 Å². The summed E-state index contributed by atoms with van der Waals surface area (Å²) in [5.41, 5.74) is 11.9. The topological polar surface area (TPSA) is 35.2 Å². The monoisotopic (exact) mass is 283 g/mol. The summed E-state index contributed by atoms with van der Waals surface area (Å²) < 4.78 is 5.52. The van der Waals surface area contributed by atoms with Crippen molar-refractivity contribution >= 4 is 0 Å². The summed E-state index contributed by atoms with van der Waals surface area (Å²) in [5, 5.41) is 0. The first-order valence-corrected chi connectivity index (χ1v) is 7.54. The van der Waals surface area contributed by atoms with Gasteiger partial charge in [-0.3, -0.25) is 0 Å². The molecule has 0 bridgehead atoms. The van der Waals surface area contributed by atoms with Gasteiger partial charge in [0, 0.05) is 0 Å². The Hall–Kier alpha value is -1.80. The second kappa shape index (κ2) is 6.77. The van der Waals surface area contributed by atoms with Gasteiger partial charge < -0.3 is 10.5 Å². The lowest BCUT2D eigenvalue weighted by atomic mass is 9.92. The second-order valence-electron chi connectivity index (χ2n) is 5.80. The van der Waals surface area contributed by atoms with Crippen LogP contribution in [0.4, 0.5) is 0 Å². The van der Waals surface area contributed by atoms with Crippen molar-refractivity contribution < 1.29 is 4.74 Å². The van der Waals surface area contributed by atoms with Crippen molar-refractivity contribution in [2.75, 3.05) is 13.7 Å². The van der Waals surface area contributed by atoms with Gasteiger partial charge in [0.25, 0.3) is 0 Å². The minimum Gasteiger partial charge on any atom is -0.496 e. The Bertz CT molecular complexity index is 600. The third-order valence-corrected chi connectivity index (χ3v) is 3.90. The average molecular weight is 283 g/mol. The van der Waals surface area contributed by atoms with E-state index in [1.54, 1.807) is 7.11 Å². The van der Waals surface area contributed by atoms with Crippen LogP contribution in [0.3, 0.4) is 0 Å². The van der Waals surface area contributed by atoms with Crippen molar-refractivity contribution in [3.63, 3.8) is 0 Å². The molecule has 0 spiro atoms. The molecule has 0 atom stereocenters. The maximum Gasteiger partial charge on any atom is 0.122 e. The highest BCUT2D eigenvalue weighted by Gasteiger charge is 2.12. The minimum absolute atomic E-state index is 0.441. The highest BCUT2D eigenvalue weighted by Crippen LogP contribution is 2.34. The summed E-state index contributed by atoms with van der Waals surface area (Å²) in [5.74, 6) is 1.42.